The van der Waals surface area contributed by atoms with E-state index in [-0.39, 0.29) is 5.01 Å². The number of hydrogen-bond donors (Lipinski definition) is 2. The zero-order valence-electron chi connectivity index (χ0n) is 8.21. The third-order valence-electron chi connectivity index (χ3n) is 1.84. The number of aromatic nitrogens is 2. The highest BCUT2D eigenvalue weighted by molar-refractivity contribution is 7.11. The standard InChI is InChI=1S/C9H9N3O3S/c13-9(14)8-11-7(5-16-8)4-10-3-6-1-2-15-12-6/h1-2,5,10H,3-4H2,(H,13,14). The Morgan fingerprint density at radius 1 is 1.50 bits per heavy atom. The molecule has 2 aromatic heterocycles. The van der Waals surface area contributed by atoms with E-state index in [1.807, 2.05) is 0 Å². The quantitative estimate of drug-likeness (QED) is 0.812. The monoisotopic (exact) mass is 239 g/mol. The molecule has 0 fully saturated rings. The van der Waals surface area contributed by atoms with Crippen LogP contribution in [0.15, 0.2) is 22.2 Å². The molecule has 0 bridgehead atoms. The lowest BCUT2D eigenvalue weighted by Gasteiger charge is -1.97. The van der Waals surface area contributed by atoms with Gasteiger partial charge < -0.3 is 14.9 Å². The van der Waals surface area contributed by atoms with Crippen LogP contribution in [0.25, 0.3) is 0 Å². The summed E-state index contributed by atoms with van der Waals surface area (Å²) in [4.78, 5) is 14.5. The molecule has 0 atom stereocenters. The largest absolute Gasteiger partial charge is 0.476 e. The van der Waals surface area contributed by atoms with Gasteiger partial charge in [0.1, 0.15) is 6.26 Å². The van der Waals surface area contributed by atoms with Crippen LogP contribution < -0.4 is 5.32 Å². The van der Waals surface area contributed by atoms with Crippen LogP contribution >= 0.6 is 11.3 Å². The summed E-state index contributed by atoms with van der Waals surface area (Å²) in [5.74, 6) is -0.993. The molecule has 0 aliphatic rings. The Bertz CT molecular complexity index is 466. The maximum Gasteiger partial charge on any atom is 0.365 e. The van der Waals surface area contributed by atoms with Crippen LogP contribution in [0.4, 0.5) is 0 Å². The lowest BCUT2D eigenvalue weighted by Crippen LogP contribution is -2.13. The molecular formula is C9H9N3O3S. The Balaban J connectivity index is 1.83. The number of hydrogen-bond acceptors (Lipinski definition) is 6. The van der Waals surface area contributed by atoms with E-state index in [0.29, 0.717) is 18.8 Å². The predicted molar refractivity (Wildman–Crippen MR) is 56.1 cm³/mol. The highest BCUT2D eigenvalue weighted by Gasteiger charge is 2.08. The number of nitrogens with zero attached hydrogens (tertiary/aromatic N) is 2. The molecule has 0 spiro atoms. The minimum Gasteiger partial charge on any atom is -0.476 e. The summed E-state index contributed by atoms with van der Waals surface area (Å²) < 4.78 is 4.67. The summed E-state index contributed by atoms with van der Waals surface area (Å²) in [5, 5.41) is 17.3. The van der Waals surface area contributed by atoms with Crippen molar-refractivity contribution < 1.29 is 14.4 Å². The van der Waals surface area contributed by atoms with Gasteiger partial charge in [-0.3, -0.25) is 0 Å². The van der Waals surface area contributed by atoms with E-state index in [1.54, 1.807) is 11.4 Å². The molecule has 2 aromatic rings. The van der Waals surface area contributed by atoms with Crippen molar-refractivity contribution in [3.8, 4) is 0 Å². The molecule has 0 saturated heterocycles. The maximum atomic E-state index is 10.6. The number of aromatic carboxylic acids is 1. The van der Waals surface area contributed by atoms with Crippen molar-refractivity contribution in [1.29, 1.82) is 0 Å². The van der Waals surface area contributed by atoms with Crippen LogP contribution in [0.5, 0.6) is 0 Å². The number of rotatable bonds is 5. The van der Waals surface area contributed by atoms with Crippen molar-refractivity contribution in [3.63, 3.8) is 0 Å². The Kier molecular flexibility index (Phi) is 3.28. The first-order chi connectivity index (χ1) is 7.75. The Morgan fingerprint density at radius 3 is 2.94 bits per heavy atom. The zero-order valence-corrected chi connectivity index (χ0v) is 9.03. The lowest BCUT2D eigenvalue weighted by molar-refractivity contribution is 0.0696. The fourth-order valence-electron chi connectivity index (χ4n) is 1.13. The second-order valence-electron chi connectivity index (χ2n) is 3.04. The molecule has 7 heteroatoms. The molecule has 6 nitrogen and oxygen atoms in total. The molecule has 2 heterocycles. The second-order valence-corrected chi connectivity index (χ2v) is 3.90. The molecule has 0 amide bonds. The molecule has 0 unspecified atom stereocenters. The van der Waals surface area contributed by atoms with E-state index in [4.69, 9.17) is 5.11 Å². The van der Waals surface area contributed by atoms with Crippen molar-refractivity contribution in [2.24, 2.45) is 0 Å². The van der Waals surface area contributed by atoms with Gasteiger partial charge in [-0.2, -0.15) is 0 Å². The van der Waals surface area contributed by atoms with Crippen LogP contribution in [0.3, 0.4) is 0 Å². The van der Waals surface area contributed by atoms with Gasteiger partial charge in [0.25, 0.3) is 0 Å². The van der Waals surface area contributed by atoms with Crippen molar-refractivity contribution in [2.75, 3.05) is 0 Å². The molecular weight excluding hydrogens is 230 g/mol. The highest BCUT2D eigenvalue weighted by Crippen LogP contribution is 2.09. The van der Waals surface area contributed by atoms with Crippen molar-refractivity contribution in [2.45, 2.75) is 13.1 Å². The number of carbonyl (C=O) groups is 1. The van der Waals surface area contributed by atoms with E-state index in [1.165, 1.54) is 6.26 Å². The molecule has 2 N–H and O–H groups in total. The zero-order chi connectivity index (χ0) is 11.4. The second kappa shape index (κ2) is 4.86. The van der Waals surface area contributed by atoms with Crippen molar-refractivity contribution in [1.82, 2.24) is 15.5 Å². The Labute approximate surface area is 94.9 Å². The SMILES string of the molecule is O=C(O)c1nc(CNCc2ccon2)cs1. The average molecular weight is 239 g/mol. The van der Waals surface area contributed by atoms with Gasteiger partial charge in [-0.1, -0.05) is 5.16 Å². The Hall–Kier alpha value is -1.73. The number of nitrogens with one attached hydrogen (secondary N) is 1. The van der Waals surface area contributed by atoms with Gasteiger partial charge in [-0.15, -0.1) is 11.3 Å². The summed E-state index contributed by atoms with van der Waals surface area (Å²) in [6.07, 6.45) is 1.50. The Morgan fingerprint density at radius 2 is 2.31 bits per heavy atom. The van der Waals surface area contributed by atoms with E-state index >= 15 is 0 Å². The van der Waals surface area contributed by atoms with Gasteiger partial charge in [0.2, 0.25) is 5.01 Å². The average Bonchev–Trinajstić information content (AvgIpc) is 2.87. The molecule has 0 aliphatic carbocycles. The van der Waals surface area contributed by atoms with E-state index in [2.05, 4.69) is 20.0 Å². The fourth-order valence-corrected chi connectivity index (χ4v) is 1.79. The molecule has 0 aromatic carbocycles. The van der Waals surface area contributed by atoms with E-state index in [9.17, 15) is 4.79 Å². The first kappa shape index (κ1) is 10.8. The van der Waals surface area contributed by atoms with Crippen molar-refractivity contribution in [3.05, 3.63) is 34.1 Å². The van der Waals surface area contributed by atoms with Crippen LogP contribution in [-0.4, -0.2) is 21.2 Å². The normalized spacial score (nSPS) is 10.5. The van der Waals surface area contributed by atoms with E-state index in [0.717, 1.165) is 17.0 Å². The molecule has 84 valence electrons. The molecule has 2 rings (SSSR count). The van der Waals surface area contributed by atoms with Gasteiger partial charge >= 0.3 is 5.97 Å². The smallest absolute Gasteiger partial charge is 0.365 e. The van der Waals surface area contributed by atoms with E-state index < -0.39 is 5.97 Å². The topological polar surface area (TPSA) is 88.2 Å². The summed E-state index contributed by atoms with van der Waals surface area (Å²) in [7, 11) is 0. The maximum absolute atomic E-state index is 10.6. The molecule has 0 radical (unpaired) electrons. The van der Waals surface area contributed by atoms with Crippen molar-refractivity contribution >= 4 is 17.3 Å². The fraction of sp³-hybridized carbons (Fsp3) is 0.222. The molecule has 0 saturated carbocycles. The number of carboxylic acids is 1. The number of thiazole rings is 1. The van der Waals surface area contributed by atoms with Gasteiger partial charge in [-0.25, -0.2) is 9.78 Å². The summed E-state index contributed by atoms with van der Waals surface area (Å²) in [5.41, 5.74) is 1.51. The van der Waals surface area contributed by atoms with Gasteiger partial charge in [0, 0.05) is 24.5 Å². The molecule has 16 heavy (non-hydrogen) atoms. The lowest BCUT2D eigenvalue weighted by atomic mass is 10.4. The third-order valence-corrected chi connectivity index (χ3v) is 2.72. The highest BCUT2D eigenvalue weighted by atomic mass is 32.1. The minimum absolute atomic E-state index is 0.109. The molecule has 0 aliphatic heterocycles. The number of carboxylic acid groups (broad SMARTS) is 1. The van der Waals surface area contributed by atoms with Gasteiger partial charge in [0.05, 0.1) is 11.4 Å². The minimum atomic E-state index is -0.993. The van der Waals surface area contributed by atoms with Gasteiger partial charge in [0.15, 0.2) is 0 Å². The summed E-state index contributed by atoms with van der Waals surface area (Å²) in [6.45, 7) is 1.08. The van der Waals surface area contributed by atoms with Crippen LogP contribution in [-0.2, 0) is 13.1 Å². The predicted octanol–water partition coefficient (Wildman–Crippen LogP) is 1.12. The summed E-state index contributed by atoms with van der Waals surface area (Å²) in [6, 6.07) is 1.76. The van der Waals surface area contributed by atoms with Crippen LogP contribution in [0.2, 0.25) is 0 Å². The van der Waals surface area contributed by atoms with Gasteiger partial charge in [-0.05, 0) is 0 Å². The van der Waals surface area contributed by atoms with Crippen LogP contribution in [0, 0.1) is 0 Å². The van der Waals surface area contributed by atoms with Crippen LogP contribution in [0.1, 0.15) is 21.2 Å². The first-order valence-corrected chi connectivity index (χ1v) is 5.41. The third kappa shape index (κ3) is 2.65. The summed E-state index contributed by atoms with van der Waals surface area (Å²) >= 11 is 1.12. The first-order valence-electron chi connectivity index (χ1n) is 4.53.